The molecule has 1 unspecified atom stereocenters. The smallest absolute Gasteiger partial charge is 0.0933 e. The minimum atomic E-state index is -1.04. The molecule has 2 aliphatic rings. The molecule has 134 valence electrons. The summed E-state index contributed by atoms with van der Waals surface area (Å²) in [4.78, 5) is 0. The summed E-state index contributed by atoms with van der Waals surface area (Å²) in [6.45, 7) is 14.2. The minimum absolute atomic E-state index is 0.0597. The third-order valence-electron chi connectivity index (χ3n) is 7.93. The van der Waals surface area contributed by atoms with Gasteiger partial charge < -0.3 is 15.3 Å². The maximum atomic E-state index is 11.1. The Hall–Kier alpha value is -0.380. The summed E-state index contributed by atoms with van der Waals surface area (Å²) in [6.07, 6.45) is 6.22. The lowest BCUT2D eigenvalue weighted by Gasteiger charge is -2.64. The van der Waals surface area contributed by atoms with E-state index in [2.05, 4.69) is 27.4 Å². The molecule has 2 fully saturated rings. The Bertz CT molecular complexity index is 456. The summed E-state index contributed by atoms with van der Waals surface area (Å²) in [6, 6.07) is 0. The number of aliphatic hydroxyl groups is 3. The Morgan fingerprint density at radius 1 is 1.22 bits per heavy atom. The van der Waals surface area contributed by atoms with Gasteiger partial charge in [-0.25, -0.2) is 0 Å². The van der Waals surface area contributed by atoms with E-state index in [-0.39, 0.29) is 10.8 Å². The second-order valence-corrected chi connectivity index (χ2v) is 9.22. The second kappa shape index (κ2) is 5.86. The van der Waals surface area contributed by atoms with Gasteiger partial charge >= 0.3 is 0 Å². The van der Waals surface area contributed by atoms with Crippen LogP contribution in [0.2, 0.25) is 0 Å². The highest BCUT2D eigenvalue weighted by Crippen LogP contribution is 2.64. The standard InChI is InChI=1S/C20H36O3/c1-7-17(3,22)12-13-18(4)14(2)10-11-19(5)15(18)8-9-16(21)20(19,6)23/h7,14-16,21-23H,1,8-13H2,2-6H3/t14-,15+,16+,17?,18-,19-,20-/m1/s1. The van der Waals surface area contributed by atoms with Gasteiger partial charge in [-0.15, -0.1) is 6.58 Å². The molecular formula is C20H36O3. The molecule has 7 atom stereocenters. The molecule has 3 N–H and O–H groups in total. The van der Waals surface area contributed by atoms with Crippen molar-refractivity contribution in [3.63, 3.8) is 0 Å². The third-order valence-corrected chi connectivity index (χ3v) is 7.93. The van der Waals surface area contributed by atoms with Crippen LogP contribution in [0.3, 0.4) is 0 Å². The van der Waals surface area contributed by atoms with E-state index < -0.39 is 17.3 Å². The molecule has 2 rings (SSSR count). The first-order valence-electron chi connectivity index (χ1n) is 9.17. The summed E-state index contributed by atoms with van der Waals surface area (Å²) < 4.78 is 0. The van der Waals surface area contributed by atoms with Gasteiger partial charge in [0.25, 0.3) is 0 Å². The third kappa shape index (κ3) is 2.89. The predicted molar refractivity (Wildman–Crippen MR) is 94.0 cm³/mol. The fourth-order valence-electron chi connectivity index (χ4n) is 5.38. The van der Waals surface area contributed by atoms with Gasteiger partial charge in [0, 0.05) is 5.41 Å². The monoisotopic (exact) mass is 324 g/mol. The van der Waals surface area contributed by atoms with Crippen molar-refractivity contribution in [1.82, 2.24) is 0 Å². The number of hydrogen-bond acceptors (Lipinski definition) is 3. The van der Waals surface area contributed by atoms with E-state index in [1.54, 1.807) is 6.08 Å². The lowest BCUT2D eigenvalue weighted by molar-refractivity contribution is -0.236. The Morgan fingerprint density at radius 3 is 2.39 bits per heavy atom. The fraction of sp³-hybridized carbons (Fsp3) is 0.900. The van der Waals surface area contributed by atoms with Gasteiger partial charge in [0.1, 0.15) is 0 Å². The van der Waals surface area contributed by atoms with Crippen molar-refractivity contribution in [2.75, 3.05) is 0 Å². The predicted octanol–water partition coefficient (Wildman–Crippen LogP) is 3.67. The molecule has 2 aliphatic carbocycles. The molecule has 0 bridgehead atoms. The highest BCUT2D eigenvalue weighted by molar-refractivity contribution is 5.12. The SMILES string of the molecule is C=CC(C)(O)CC[C@]1(C)[C@H](C)CC[C@]2(C)[C@H]1CC[C@H](O)[C@@]2(C)O. The van der Waals surface area contributed by atoms with E-state index in [4.69, 9.17) is 0 Å². The van der Waals surface area contributed by atoms with Crippen LogP contribution in [-0.2, 0) is 0 Å². The normalized spacial score (nSPS) is 50.0. The molecule has 0 spiro atoms. The van der Waals surface area contributed by atoms with Crippen molar-refractivity contribution in [2.24, 2.45) is 22.7 Å². The first kappa shape index (κ1) is 19.0. The number of rotatable bonds is 4. The highest BCUT2D eigenvalue weighted by Gasteiger charge is 2.62. The van der Waals surface area contributed by atoms with Gasteiger partial charge in [-0.2, -0.15) is 0 Å². The molecule has 0 radical (unpaired) electrons. The number of fused-ring (bicyclic) bond motifs is 1. The van der Waals surface area contributed by atoms with Crippen LogP contribution in [0, 0.1) is 22.7 Å². The lowest BCUT2D eigenvalue weighted by atomic mass is 9.43. The van der Waals surface area contributed by atoms with Crippen LogP contribution in [0.15, 0.2) is 12.7 Å². The van der Waals surface area contributed by atoms with E-state index in [0.29, 0.717) is 24.7 Å². The molecule has 0 aromatic rings. The van der Waals surface area contributed by atoms with E-state index in [9.17, 15) is 15.3 Å². The van der Waals surface area contributed by atoms with Crippen LogP contribution in [-0.4, -0.2) is 32.6 Å². The molecule has 0 aromatic carbocycles. The van der Waals surface area contributed by atoms with Crippen LogP contribution in [0.25, 0.3) is 0 Å². The Labute approximate surface area is 141 Å². The maximum Gasteiger partial charge on any atom is 0.0933 e. The van der Waals surface area contributed by atoms with E-state index in [1.807, 2.05) is 13.8 Å². The molecule has 23 heavy (non-hydrogen) atoms. The van der Waals surface area contributed by atoms with E-state index >= 15 is 0 Å². The second-order valence-electron chi connectivity index (χ2n) is 9.22. The average Bonchev–Trinajstić information content (AvgIpc) is 2.48. The van der Waals surface area contributed by atoms with Crippen molar-refractivity contribution in [3.8, 4) is 0 Å². The van der Waals surface area contributed by atoms with Crippen LogP contribution in [0.1, 0.15) is 73.1 Å². The number of hydrogen-bond donors (Lipinski definition) is 3. The first-order valence-corrected chi connectivity index (χ1v) is 9.17. The molecule has 0 heterocycles. The summed E-state index contributed by atoms with van der Waals surface area (Å²) in [5.74, 6) is 0.907. The van der Waals surface area contributed by atoms with Crippen LogP contribution >= 0.6 is 0 Å². The molecule has 0 saturated heterocycles. The van der Waals surface area contributed by atoms with Crippen molar-refractivity contribution in [2.45, 2.75) is 90.4 Å². The fourth-order valence-corrected chi connectivity index (χ4v) is 5.38. The van der Waals surface area contributed by atoms with Crippen LogP contribution < -0.4 is 0 Å². The quantitative estimate of drug-likeness (QED) is 0.692. The Kier molecular flexibility index (Phi) is 4.83. The van der Waals surface area contributed by atoms with Gasteiger partial charge in [0.05, 0.1) is 17.3 Å². The lowest BCUT2D eigenvalue weighted by Crippen LogP contribution is -2.65. The molecule has 3 heteroatoms. The van der Waals surface area contributed by atoms with E-state index in [1.165, 1.54) is 0 Å². The molecule has 3 nitrogen and oxygen atoms in total. The van der Waals surface area contributed by atoms with Crippen LogP contribution in [0.5, 0.6) is 0 Å². The van der Waals surface area contributed by atoms with Gasteiger partial charge in [0.2, 0.25) is 0 Å². The largest absolute Gasteiger partial charge is 0.390 e. The zero-order chi connectivity index (χ0) is 17.7. The van der Waals surface area contributed by atoms with E-state index in [0.717, 1.165) is 25.7 Å². The zero-order valence-electron chi connectivity index (χ0n) is 15.6. The van der Waals surface area contributed by atoms with Crippen molar-refractivity contribution < 1.29 is 15.3 Å². The van der Waals surface area contributed by atoms with Crippen molar-refractivity contribution in [1.29, 1.82) is 0 Å². The summed E-state index contributed by atoms with van der Waals surface area (Å²) >= 11 is 0. The Morgan fingerprint density at radius 2 is 1.83 bits per heavy atom. The maximum absolute atomic E-state index is 11.1. The van der Waals surface area contributed by atoms with Gasteiger partial charge in [-0.05, 0) is 69.6 Å². The molecule has 2 saturated carbocycles. The first-order chi connectivity index (χ1) is 10.4. The van der Waals surface area contributed by atoms with Crippen molar-refractivity contribution in [3.05, 3.63) is 12.7 Å². The minimum Gasteiger partial charge on any atom is -0.390 e. The van der Waals surface area contributed by atoms with Gasteiger partial charge in [-0.3, -0.25) is 0 Å². The molecule has 0 amide bonds. The zero-order valence-corrected chi connectivity index (χ0v) is 15.6. The number of aliphatic hydroxyl groups excluding tert-OH is 1. The summed E-state index contributed by atoms with van der Waals surface area (Å²) in [5.41, 5.74) is -2.10. The molecule has 0 aromatic heterocycles. The van der Waals surface area contributed by atoms with Crippen LogP contribution in [0.4, 0.5) is 0 Å². The topological polar surface area (TPSA) is 60.7 Å². The van der Waals surface area contributed by atoms with Gasteiger partial charge in [-0.1, -0.05) is 26.8 Å². The van der Waals surface area contributed by atoms with Gasteiger partial charge in [0.15, 0.2) is 0 Å². The summed E-state index contributed by atoms with van der Waals surface area (Å²) in [5, 5.41) is 31.8. The Balaban J connectivity index is 2.33. The summed E-state index contributed by atoms with van der Waals surface area (Å²) in [7, 11) is 0. The molecular weight excluding hydrogens is 288 g/mol. The average molecular weight is 325 g/mol. The molecule has 0 aliphatic heterocycles. The van der Waals surface area contributed by atoms with Crippen molar-refractivity contribution >= 4 is 0 Å². The highest BCUT2D eigenvalue weighted by atomic mass is 16.3.